The molecule has 3 rings (SSSR count). The molecule has 0 radical (unpaired) electrons. The van der Waals surface area contributed by atoms with Gasteiger partial charge in [0.1, 0.15) is 18.1 Å². The fraction of sp³-hybridized carbons (Fsp3) is 0.450. The highest BCUT2D eigenvalue weighted by Gasteiger charge is 2.28. The van der Waals surface area contributed by atoms with Crippen molar-refractivity contribution >= 4 is 29.4 Å². The number of carbonyl (C=O) groups excluding carboxylic acids is 2. The third-order valence-corrected chi connectivity index (χ3v) is 5.44. The zero-order valence-corrected chi connectivity index (χ0v) is 17.5. The molecule has 8 heteroatoms. The number of rotatable bonds is 6. The summed E-state index contributed by atoms with van der Waals surface area (Å²) in [6.45, 7) is 6.07. The number of nitrogens with one attached hydrogen (secondary N) is 2. The van der Waals surface area contributed by atoms with Crippen LogP contribution in [-0.4, -0.2) is 28.7 Å². The molecule has 0 spiro atoms. The van der Waals surface area contributed by atoms with Crippen LogP contribution >= 0.6 is 11.8 Å². The fourth-order valence-corrected chi connectivity index (χ4v) is 3.79. The summed E-state index contributed by atoms with van der Waals surface area (Å²) in [6, 6.07) is 7.54. The van der Waals surface area contributed by atoms with E-state index < -0.39 is 5.41 Å². The summed E-state index contributed by atoms with van der Waals surface area (Å²) in [4.78, 5) is 24.9. The van der Waals surface area contributed by atoms with E-state index in [2.05, 4.69) is 15.7 Å². The molecule has 2 heterocycles. The van der Waals surface area contributed by atoms with Crippen molar-refractivity contribution in [1.82, 2.24) is 15.1 Å². The number of aromatic nitrogens is 2. The van der Waals surface area contributed by atoms with E-state index in [9.17, 15) is 9.59 Å². The van der Waals surface area contributed by atoms with E-state index in [1.54, 1.807) is 23.6 Å². The number of fused-ring (bicyclic) bond motifs is 1. The van der Waals surface area contributed by atoms with Crippen LogP contribution in [0.3, 0.4) is 0 Å². The highest BCUT2D eigenvalue weighted by atomic mass is 32.2. The van der Waals surface area contributed by atoms with Gasteiger partial charge in [-0.25, -0.2) is 4.68 Å². The Balaban J connectivity index is 1.67. The second-order valence-corrected chi connectivity index (χ2v) is 8.74. The number of amides is 2. The van der Waals surface area contributed by atoms with E-state index in [4.69, 9.17) is 4.74 Å². The van der Waals surface area contributed by atoms with Crippen molar-refractivity contribution in [3.05, 3.63) is 41.1 Å². The normalized spacial score (nSPS) is 13.1. The number of carbonyl (C=O) groups is 2. The maximum atomic E-state index is 12.5. The Labute approximate surface area is 169 Å². The molecule has 2 N–H and O–H groups in total. The number of hydrogen-bond acceptors (Lipinski definition) is 5. The van der Waals surface area contributed by atoms with Gasteiger partial charge in [0.25, 0.3) is 0 Å². The molecule has 28 heavy (non-hydrogen) atoms. The molecule has 0 atom stereocenters. The summed E-state index contributed by atoms with van der Waals surface area (Å²) >= 11 is 1.76. The van der Waals surface area contributed by atoms with Gasteiger partial charge in [-0.2, -0.15) is 16.9 Å². The van der Waals surface area contributed by atoms with Gasteiger partial charge in [-0.3, -0.25) is 9.59 Å². The second kappa shape index (κ2) is 8.26. The highest BCUT2D eigenvalue weighted by molar-refractivity contribution is 7.98. The van der Waals surface area contributed by atoms with Gasteiger partial charge in [-0.1, -0.05) is 32.9 Å². The smallest absolute Gasteiger partial charge is 0.242 e. The molecule has 0 saturated heterocycles. The van der Waals surface area contributed by atoms with Gasteiger partial charge in [0.2, 0.25) is 11.8 Å². The topological polar surface area (TPSA) is 85.2 Å². The lowest BCUT2D eigenvalue weighted by molar-refractivity contribution is -0.124. The van der Waals surface area contributed by atoms with Crippen molar-refractivity contribution in [2.45, 2.75) is 45.4 Å². The van der Waals surface area contributed by atoms with Crippen LogP contribution in [0.4, 0.5) is 5.82 Å². The molecule has 0 fully saturated rings. The largest absolute Gasteiger partial charge is 0.497 e. The van der Waals surface area contributed by atoms with Crippen molar-refractivity contribution in [1.29, 1.82) is 0 Å². The molecule has 0 bridgehead atoms. The molecule has 0 unspecified atom stereocenters. The van der Waals surface area contributed by atoms with E-state index in [1.807, 2.05) is 45.0 Å². The number of thioether (sulfide) groups is 1. The highest BCUT2D eigenvalue weighted by Crippen LogP contribution is 2.35. The maximum Gasteiger partial charge on any atom is 0.242 e. The zero-order valence-electron chi connectivity index (χ0n) is 16.7. The van der Waals surface area contributed by atoms with Gasteiger partial charge < -0.3 is 15.4 Å². The van der Waals surface area contributed by atoms with Crippen molar-refractivity contribution < 1.29 is 14.3 Å². The lowest BCUT2D eigenvalue weighted by Crippen LogP contribution is -2.31. The summed E-state index contributed by atoms with van der Waals surface area (Å²) in [5, 5.41) is 10.4. The Morgan fingerprint density at radius 1 is 1.21 bits per heavy atom. The third kappa shape index (κ3) is 4.67. The average Bonchev–Trinajstić information content (AvgIpc) is 3.22. The van der Waals surface area contributed by atoms with E-state index >= 15 is 0 Å². The van der Waals surface area contributed by atoms with Crippen molar-refractivity contribution in [2.24, 2.45) is 5.41 Å². The molecular formula is C20H26N4O3S. The Bertz CT molecular complexity index is 869. The van der Waals surface area contributed by atoms with Crippen LogP contribution < -0.4 is 15.4 Å². The number of nitrogens with zero attached hydrogens (tertiary/aromatic N) is 2. The minimum absolute atomic E-state index is 0.0631. The number of anilines is 1. The van der Waals surface area contributed by atoms with Crippen LogP contribution in [0.25, 0.3) is 0 Å². The molecule has 2 aromatic rings. The molecule has 150 valence electrons. The van der Waals surface area contributed by atoms with Crippen molar-refractivity contribution in [3.8, 4) is 5.75 Å². The number of ether oxygens (including phenoxy) is 1. The quantitative estimate of drug-likeness (QED) is 0.776. The van der Waals surface area contributed by atoms with Crippen LogP contribution in [-0.2, 0) is 34.2 Å². The zero-order chi connectivity index (χ0) is 20.3. The first kappa shape index (κ1) is 20.3. The Morgan fingerprint density at radius 2 is 1.93 bits per heavy atom. The van der Waals surface area contributed by atoms with Crippen molar-refractivity contribution in [3.63, 3.8) is 0 Å². The molecule has 1 aromatic heterocycles. The van der Waals surface area contributed by atoms with Crippen LogP contribution in [0.15, 0.2) is 24.3 Å². The van der Waals surface area contributed by atoms with E-state index in [1.165, 1.54) is 0 Å². The van der Waals surface area contributed by atoms with Crippen LogP contribution in [0.2, 0.25) is 0 Å². The summed E-state index contributed by atoms with van der Waals surface area (Å²) < 4.78 is 6.75. The van der Waals surface area contributed by atoms with Crippen LogP contribution in [0.5, 0.6) is 5.75 Å². The summed E-state index contributed by atoms with van der Waals surface area (Å²) in [7, 11) is 1.62. The maximum absolute atomic E-state index is 12.5. The van der Waals surface area contributed by atoms with Crippen LogP contribution in [0, 0.1) is 5.41 Å². The molecule has 1 aromatic carbocycles. The van der Waals surface area contributed by atoms with Gasteiger partial charge >= 0.3 is 0 Å². The van der Waals surface area contributed by atoms with Gasteiger partial charge in [0, 0.05) is 29.0 Å². The van der Waals surface area contributed by atoms with Gasteiger partial charge in [-0.05, 0) is 17.7 Å². The predicted octanol–water partition coefficient (Wildman–Crippen LogP) is 2.94. The summed E-state index contributed by atoms with van der Waals surface area (Å²) in [5.41, 5.74) is 2.42. The fourth-order valence-electron chi connectivity index (χ4n) is 2.75. The molecule has 7 nitrogen and oxygen atoms in total. The standard InChI is InChI=1S/C20H26N4O3S/c1-20(2,3)19(26)22-18-15-11-28-12-16(15)23-24(18)10-17(25)21-9-13-5-7-14(27-4)8-6-13/h5-8H,9-12H2,1-4H3,(H,21,25)(H,22,26). The van der Waals surface area contributed by atoms with Crippen molar-refractivity contribution in [2.75, 3.05) is 12.4 Å². The molecule has 2 amide bonds. The van der Waals surface area contributed by atoms with E-state index in [0.717, 1.165) is 34.1 Å². The average molecular weight is 403 g/mol. The van der Waals surface area contributed by atoms with E-state index in [-0.39, 0.29) is 18.4 Å². The minimum atomic E-state index is -0.523. The molecular weight excluding hydrogens is 376 g/mol. The number of methoxy groups -OCH3 is 1. The lowest BCUT2D eigenvalue weighted by atomic mass is 9.96. The van der Waals surface area contributed by atoms with Gasteiger partial charge in [0.05, 0.1) is 12.8 Å². The van der Waals surface area contributed by atoms with E-state index in [0.29, 0.717) is 12.4 Å². The first-order valence-corrected chi connectivity index (χ1v) is 10.3. The van der Waals surface area contributed by atoms with Crippen LogP contribution in [0.1, 0.15) is 37.6 Å². The third-order valence-electron chi connectivity index (χ3n) is 4.47. The minimum Gasteiger partial charge on any atom is -0.497 e. The Hall–Kier alpha value is -2.48. The molecule has 1 aliphatic heterocycles. The summed E-state index contributed by atoms with van der Waals surface area (Å²) in [6.07, 6.45) is 0. The Morgan fingerprint density at radius 3 is 2.57 bits per heavy atom. The molecule has 1 aliphatic rings. The van der Waals surface area contributed by atoms with Gasteiger partial charge in [0.15, 0.2) is 0 Å². The molecule has 0 saturated carbocycles. The number of hydrogen-bond donors (Lipinski definition) is 2. The first-order valence-electron chi connectivity index (χ1n) is 9.15. The first-order chi connectivity index (χ1) is 13.3. The molecule has 0 aliphatic carbocycles. The second-order valence-electron chi connectivity index (χ2n) is 7.75. The predicted molar refractivity (Wildman–Crippen MR) is 110 cm³/mol. The monoisotopic (exact) mass is 402 g/mol. The number of benzene rings is 1. The Kier molecular flexibility index (Phi) is 5.98. The SMILES string of the molecule is COc1ccc(CNC(=O)Cn2nc3c(c2NC(=O)C(C)(C)C)CSC3)cc1. The lowest BCUT2D eigenvalue weighted by Gasteiger charge is -2.19. The summed E-state index contributed by atoms with van der Waals surface area (Å²) in [5.74, 6) is 2.76. The van der Waals surface area contributed by atoms with Gasteiger partial charge in [-0.15, -0.1) is 0 Å².